The Kier molecular flexibility index (Phi) is 2.11. The second-order valence-corrected chi connectivity index (χ2v) is 3.28. The largest absolute Gasteiger partial charge is 0.431 e. The Labute approximate surface area is 87.8 Å². The molecule has 5 nitrogen and oxygen atoms in total. The van der Waals surface area contributed by atoms with Crippen LogP contribution in [0, 0.1) is 10.1 Å². The molecule has 0 saturated heterocycles. The third-order valence-corrected chi connectivity index (χ3v) is 2.10. The van der Waals surface area contributed by atoms with Gasteiger partial charge in [0.05, 0.1) is 10.5 Å². The predicted molar refractivity (Wildman–Crippen MR) is 47.6 cm³/mol. The summed E-state index contributed by atoms with van der Waals surface area (Å²) >= 11 is 0. The van der Waals surface area contributed by atoms with Gasteiger partial charge >= 0.3 is 6.11 Å². The topological polar surface area (TPSA) is 69.4 Å². The molecular formula is C9H5F2NO4. The number of carbonyl (C=O) groups is 1. The van der Waals surface area contributed by atoms with Crippen LogP contribution in [0.3, 0.4) is 0 Å². The number of ether oxygens (including phenoxy) is 1. The molecular weight excluding hydrogens is 224 g/mol. The number of hydrogen-bond acceptors (Lipinski definition) is 4. The van der Waals surface area contributed by atoms with Gasteiger partial charge in [0.2, 0.25) is 0 Å². The highest BCUT2D eigenvalue weighted by molar-refractivity contribution is 6.00. The minimum Gasteiger partial charge on any atom is -0.431 e. The zero-order chi connectivity index (χ0) is 11.9. The lowest BCUT2D eigenvalue weighted by atomic mass is 10.0. The van der Waals surface area contributed by atoms with Crippen LogP contribution in [0.2, 0.25) is 0 Å². The van der Waals surface area contributed by atoms with Crippen molar-refractivity contribution in [1.29, 1.82) is 0 Å². The Balaban J connectivity index is 2.49. The first-order valence-electron chi connectivity index (χ1n) is 4.27. The summed E-state index contributed by atoms with van der Waals surface area (Å²) in [5.41, 5.74) is -0.513. The Morgan fingerprint density at radius 2 is 2.12 bits per heavy atom. The van der Waals surface area contributed by atoms with Crippen molar-refractivity contribution in [2.45, 2.75) is 12.5 Å². The number of Topliss-reactive ketones (excluding diaryl/α,β-unsaturated/α-hetero) is 1. The lowest BCUT2D eigenvalue weighted by Crippen LogP contribution is -2.33. The zero-order valence-corrected chi connectivity index (χ0v) is 7.78. The molecule has 0 spiro atoms. The van der Waals surface area contributed by atoms with Gasteiger partial charge in [-0.3, -0.25) is 14.9 Å². The summed E-state index contributed by atoms with van der Waals surface area (Å²) in [6, 6.07) is 2.94. The molecule has 0 fully saturated rings. The molecule has 0 atom stereocenters. The number of carbonyl (C=O) groups excluding carboxylic acids is 1. The SMILES string of the molecule is O=C1CC(F)(F)Oc2ccc([N+](=O)[O-])cc21. The maximum Gasteiger partial charge on any atom is 0.405 e. The molecule has 1 heterocycles. The molecule has 0 aromatic heterocycles. The van der Waals surface area contributed by atoms with Gasteiger partial charge in [-0.2, -0.15) is 8.78 Å². The van der Waals surface area contributed by atoms with Gasteiger partial charge in [0.15, 0.2) is 5.78 Å². The number of benzene rings is 1. The molecule has 1 aliphatic heterocycles. The molecule has 16 heavy (non-hydrogen) atoms. The summed E-state index contributed by atoms with van der Waals surface area (Å²) in [7, 11) is 0. The van der Waals surface area contributed by atoms with E-state index in [-0.39, 0.29) is 17.0 Å². The van der Waals surface area contributed by atoms with E-state index < -0.39 is 23.2 Å². The number of nitrogens with zero attached hydrogens (tertiary/aromatic N) is 1. The van der Waals surface area contributed by atoms with Gasteiger partial charge in [-0.15, -0.1) is 0 Å². The molecule has 0 unspecified atom stereocenters. The smallest absolute Gasteiger partial charge is 0.405 e. The van der Waals surface area contributed by atoms with Crippen molar-refractivity contribution in [2.24, 2.45) is 0 Å². The molecule has 0 aliphatic carbocycles. The summed E-state index contributed by atoms with van der Waals surface area (Å²) < 4.78 is 29.9. The maximum absolute atomic E-state index is 12.8. The fraction of sp³-hybridized carbons (Fsp3) is 0.222. The van der Waals surface area contributed by atoms with Crippen molar-refractivity contribution in [1.82, 2.24) is 0 Å². The first kappa shape index (κ1) is 10.5. The van der Waals surface area contributed by atoms with Gasteiger partial charge in [-0.25, -0.2) is 0 Å². The van der Waals surface area contributed by atoms with E-state index in [0.29, 0.717) is 0 Å². The molecule has 0 radical (unpaired) electrons. The van der Waals surface area contributed by atoms with E-state index in [1.54, 1.807) is 0 Å². The molecule has 1 aliphatic rings. The maximum atomic E-state index is 12.8. The van der Waals surface area contributed by atoms with E-state index in [9.17, 15) is 23.7 Å². The number of nitro benzene ring substituents is 1. The highest BCUT2D eigenvalue weighted by Crippen LogP contribution is 2.36. The number of ketones is 1. The van der Waals surface area contributed by atoms with Crippen LogP contribution in [0.4, 0.5) is 14.5 Å². The summed E-state index contributed by atoms with van der Waals surface area (Å²) in [6.07, 6.45) is -4.64. The van der Waals surface area contributed by atoms with Crippen molar-refractivity contribution >= 4 is 11.5 Å². The van der Waals surface area contributed by atoms with Gasteiger partial charge in [0, 0.05) is 12.1 Å². The average Bonchev–Trinajstić information content (AvgIpc) is 2.15. The van der Waals surface area contributed by atoms with E-state index >= 15 is 0 Å². The van der Waals surface area contributed by atoms with Crippen molar-refractivity contribution in [3.05, 3.63) is 33.9 Å². The van der Waals surface area contributed by atoms with E-state index in [0.717, 1.165) is 18.2 Å². The van der Waals surface area contributed by atoms with E-state index in [4.69, 9.17) is 0 Å². The number of hydrogen-bond donors (Lipinski definition) is 0. The minimum atomic E-state index is -3.54. The third-order valence-electron chi connectivity index (χ3n) is 2.10. The second kappa shape index (κ2) is 3.22. The molecule has 0 saturated carbocycles. The van der Waals surface area contributed by atoms with Crippen LogP contribution < -0.4 is 4.74 Å². The normalized spacial score (nSPS) is 17.5. The van der Waals surface area contributed by atoms with Crippen LogP contribution in [-0.4, -0.2) is 16.8 Å². The van der Waals surface area contributed by atoms with Crippen molar-refractivity contribution in [3.8, 4) is 5.75 Å². The number of nitro groups is 1. The fourth-order valence-corrected chi connectivity index (χ4v) is 1.42. The molecule has 1 aromatic rings. The summed E-state index contributed by atoms with van der Waals surface area (Å²) in [4.78, 5) is 21.0. The third kappa shape index (κ3) is 1.71. The second-order valence-electron chi connectivity index (χ2n) is 3.28. The molecule has 0 N–H and O–H groups in total. The van der Waals surface area contributed by atoms with Crippen LogP contribution >= 0.6 is 0 Å². The summed E-state index contributed by atoms with van der Waals surface area (Å²) in [6.45, 7) is 0. The van der Waals surface area contributed by atoms with Crippen LogP contribution in [-0.2, 0) is 0 Å². The van der Waals surface area contributed by atoms with E-state index in [2.05, 4.69) is 4.74 Å². The first-order chi connectivity index (χ1) is 7.39. The number of fused-ring (bicyclic) bond motifs is 1. The van der Waals surface area contributed by atoms with Crippen LogP contribution in [0.1, 0.15) is 16.8 Å². The van der Waals surface area contributed by atoms with Gasteiger partial charge in [0.1, 0.15) is 12.2 Å². The van der Waals surface area contributed by atoms with Crippen LogP contribution in [0.5, 0.6) is 5.75 Å². The lowest BCUT2D eigenvalue weighted by Gasteiger charge is -2.23. The predicted octanol–water partition coefficient (Wildman–Crippen LogP) is 2.15. The van der Waals surface area contributed by atoms with E-state index in [1.807, 2.05) is 0 Å². The summed E-state index contributed by atoms with van der Waals surface area (Å²) in [5.74, 6) is -1.19. The average molecular weight is 229 g/mol. The molecule has 1 aromatic carbocycles. The fourth-order valence-electron chi connectivity index (χ4n) is 1.42. The van der Waals surface area contributed by atoms with Gasteiger partial charge in [-0.1, -0.05) is 0 Å². The molecule has 0 amide bonds. The molecule has 84 valence electrons. The molecule has 7 heteroatoms. The lowest BCUT2D eigenvalue weighted by molar-refractivity contribution is -0.385. The number of alkyl halides is 2. The number of rotatable bonds is 1. The van der Waals surface area contributed by atoms with Crippen LogP contribution in [0.15, 0.2) is 18.2 Å². The number of halogens is 2. The van der Waals surface area contributed by atoms with Gasteiger partial charge in [-0.05, 0) is 6.07 Å². The van der Waals surface area contributed by atoms with E-state index in [1.165, 1.54) is 0 Å². The van der Waals surface area contributed by atoms with Crippen LogP contribution in [0.25, 0.3) is 0 Å². The Morgan fingerprint density at radius 1 is 1.44 bits per heavy atom. The first-order valence-corrected chi connectivity index (χ1v) is 4.27. The van der Waals surface area contributed by atoms with Gasteiger partial charge < -0.3 is 4.74 Å². The van der Waals surface area contributed by atoms with Crippen molar-refractivity contribution in [2.75, 3.05) is 0 Å². The zero-order valence-electron chi connectivity index (χ0n) is 7.78. The summed E-state index contributed by atoms with van der Waals surface area (Å²) in [5, 5.41) is 10.4. The standard InChI is InChI=1S/C9H5F2NO4/c10-9(11)4-7(13)6-3-5(12(14)15)1-2-8(6)16-9/h1-3H,4H2. The van der Waals surface area contributed by atoms with Crippen molar-refractivity contribution in [3.63, 3.8) is 0 Å². The minimum absolute atomic E-state index is 0.180. The quantitative estimate of drug-likeness (QED) is 0.546. The monoisotopic (exact) mass is 229 g/mol. The Hall–Kier alpha value is -2.05. The number of non-ortho nitro benzene ring substituents is 1. The van der Waals surface area contributed by atoms with Gasteiger partial charge in [0.25, 0.3) is 5.69 Å². The highest BCUT2D eigenvalue weighted by Gasteiger charge is 2.41. The Morgan fingerprint density at radius 3 is 2.75 bits per heavy atom. The highest BCUT2D eigenvalue weighted by atomic mass is 19.3. The Bertz CT molecular complexity index is 486. The van der Waals surface area contributed by atoms with Crippen molar-refractivity contribution < 1.29 is 23.2 Å². The molecule has 2 rings (SSSR count). The molecule has 0 bridgehead atoms.